The minimum Gasteiger partial charge on any atom is -0.305 e. The van der Waals surface area contributed by atoms with Gasteiger partial charge in [0.2, 0.25) is 0 Å². The monoisotopic (exact) mass is 260 g/mol. The second-order valence-electron chi connectivity index (χ2n) is 4.89. The van der Waals surface area contributed by atoms with Gasteiger partial charge in [-0.15, -0.1) is 11.3 Å². The predicted molar refractivity (Wildman–Crippen MR) is 78.0 cm³/mol. The maximum atomic E-state index is 4.62. The van der Waals surface area contributed by atoms with Gasteiger partial charge in [-0.05, 0) is 18.9 Å². The summed E-state index contributed by atoms with van der Waals surface area (Å²) in [6, 6.07) is 11.4. The van der Waals surface area contributed by atoms with Gasteiger partial charge in [0.1, 0.15) is 5.01 Å². The first-order valence-corrected chi connectivity index (χ1v) is 7.25. The van der Waals surface area contributed by atoms with Gasteiger partial charge in [-0.2, -0.15) is 0 Å². The van der Waals surface area contributed by atoms with Crippen molar-refractivity contribution < 1.29 is 0 Å². The van der Waals surface area contributed by atoms with Crippen molar-refractivity contribution in [3.05, 3.63) is 52.0 Å². The number of hydrogen-bond donors (Lipinski definition) is 1. The molecule has 1 N–H and O–H groups in total. The first-order valence-electron chi connectivity index (χ1n) is 6.37. The van der Waals surface area contributed by atoms with E-state index >= 15 is 0 Å². The molecule has 3 heteroatoms. The molecule has 0 bridgehead atoms. The molecule has 0 saturated carbocycles. The lowest BCUT2D eigenvalue weighted by atomic mass is 10.1. The number of rotatable bonds is 5. The van der Waals surface area contributed by atoms with Gasteiger partial charge < -0.3 is 5.32 Å². The van der Waals surface area contributed by atoms with Crippen LogP contribution in [0.15, 0.2) is 35.7 Å². The number of thiazole rings is 1. The Labute approximate surface area is 113 Å². The number of aromatic nitrogens is 1. The van der Waals surface area contributed by atoms with Crippen LogP contribution in [0.3, 0.4) is 0 Å². The van der Waals surface area contributed by atoms with E-state index in [1.807, 2.05) is 0 Å². The molecule has 0 radical (unpaired) electrons. The van der Waals surface area contributed by atoms with Gasteiger partial charge in [0.05, 0.1) is 6.04 Å². The molecular weight excluding hydrogens is 240 g/mol. The number of nitrogens with one attached hydrogen (secondary N) is 1. The van der Waals surface area contributed by atoms with Crippen LogP contribution in [0.4, 0.5) is 0 Å². The largest absolute Gasteiger partial charge is 0.305 e. The van der Waals surface area contributed by atoms with E-state index in [0.29, 0.717) is 12.1 Å². The van der Waals surface area contributed by atoms with Gasteiger partial charge in [0, 0.05) is 17.1 Å². The second-order valence-corrected chi connectivity index (χ2v) is 5.78. The molecule has 1 aromatic heterocycles. The first-order chi connectivity index (χ1) is 8.65. The molecule has 1 aromatic carbocycles. The third-order valence-corrected chi connectivity index (χ3v) is 3.83. The molecule has 96 valence electrons. The molecule has 0 aliphatic carbocycles. The standard InChI is InChI=1S/C15H20N2S/c1-11(2)16-14(15-17-12(3)10-18-15)9-13-7-5-4-6-8-13/h4-8,10-11,14,16H,9H2,1-3H3. The van der Waals surface area contributed by atoms with Gasteiger partial charge in [-0.3, -0.25) is 0 Å². The fourth-order valence-corrected chi connectivity index (χ4v) is 2.86. The Hall–Kier alpha value is -1.19. The van der Waals surface area contributed by atoms with E-state index in [1.165, 1.54) is 10.6 Å². The molecule has 0 aliphatic heterocycles. The highest BCUT2D eigenvalue weighted by Crippen LogP contribution is 2.22. The smallest absolute Gasteiger partial charge is 0.110 e. The predicted octanol–water partition coefficient (Wildman–Crippen LogP) is 3.73. The molecule has 1 heterocycles. The molecule has 0 aliphatic rings. The van der Waals surface area contributed by atoms with Gasteiger partial charge in [-0.25, -0.2) is 4.98 Å². The Kier molecular flexibility index (Phi) is 4.50. The maximum absolute atomic E-state index is 4.62. The van der Waals surface area contributed by atoms with Crippen molar-refractivity contribution in [2.24, 2.45) is 0 Å². The van der Waals surface area contributed by atoms with Crippen LogP contribution in [0, 0.1) is 6.92 Å². The van der Waals surface area contributed by atoms with E-state index in [9.17, 15) is 0 Å². The maximum Gasteiger partial charge on any atom is 0.110 e. The van der Waals surface area contributed by atoms with Gasteiger partial charge >= 0.3 is 0 Å². The lowest BCUT2D eigenvalue weighted by Crippen LogP contribution is -2.29. The van der Waals surface area contributed by atoms with Crippen molar-refractivity contribution in [1.82, 2.24) is 10.3 Å². The molecule has 1 atom stereocenters. The Morgan fingerprint density at radius 2 is 1.94 bits per heavy atom. The van der Waals surface area contributed by atoms with Crippen molar-refractivity contribution in [1.29, 1.82) is 0 Å². The third kappa shape index (κ3) is 3.65. The molecule has 1 unspecified atom stereocenters. The van der Waals surface area contributed by atoms with E-state index in [4.69, 9.17) is 0 Å². The molecule has 2 aromatic rings. The summed E-state index contributed by atoms with van der Waals surface area (Å²) in [5.74, 6) is 0. The van der Waals surface area contributed by atoms with Crippen LogP contribution in [0.25, 0.3) is 0 Å². The van der Waals surface area contributed by atoms with Gasteiger partial charge in [0.15, 0.2) is 0 Å². The molecule has 0 saturated heterocycles. The van der Waals surface area contributed by atoms with E-state index in [2.05, 4.69) is 66.8 Å². The third-order valence-electron chi connectivity index (χ3n) is 2.75. The number of benzene rings is 1. The molecular formula is C15H20N2S. The summed E-state index contributed by atoms with van der Waals surface area (Å²) in [7, 11) is 0. The molecule has 2 nitrogen and oxygen atoms in total. The van der Waals surface area contributed by atoms with E-state index in [-0.39, 0.29) is 0 Å². The lowest BCUT2D eigenvalue weighted by molar-refractivity contribution is 0.472. The van der Waals surface area contributed by atoms with Crippen molar-refractivity contribution in [2.75, 3.05) is 0 Å². The molecule has 0 fully saturated rings. The quantitative estimate of drug-likeness (QED) is 0.886. The average Bonchev–Trinajstić information content (AvgIpc) is 2.76. The van der Waals surface area contributed by atoms with Crippen LogP contribution in [-0.2, 0) is 6.42 Å². The van der Waals surface area contributed by atoms with Crippen LogP contribution < -0.4 is 5.32 Å². The zero-order valence-electron chi connectivity index (χ0n) is 11.2. The molecule has 0 amide bonds. The summed E-state index contributed by atoms with van der Waals surface area (Å²) in [6.07, 6.45) is 0.992. The minimum absolute atomic E-state index is 0.311. The topological polar surface area (TPSA) is 24.9 Å². The molecule has 0 spiro atoms. The van der Waals surface area contributed by atoms with Crippen LogP contribution >= 0.6 is 11.3 Å². The Balaban J connectivity index is 2.15. The second kappa shape index (κ2) is 6.12. The highest BCUT2D eigenvalue weighted by atomic mass is 32.1. The normalized spacial score (nSPS) is 12.9. The van der Waals surface area contributed by atoms with Crippen molar-refractivity contribution in [3.8, 4) is 0 Å². The van der Waals surface area contributed by atoms with Crippen LogP contribution in [-0.4, -0.2) is 11.0 Å². The number of nitrogens with zero attached hydrogens (tertiary/aromatic N) is 1. The van der Waals surface area contributed by atoms with Crippen molar-refractivity contribution in [3.63, 3.8) is 0 Å². The van der Waals surface area contributed by atoms with Crippen LogP contribution in [0.2, 0.25) is 0 Å². The number of aryl methyl sites for hydroxylation is 1. The van der Waals surface area contributed by atoms with Crippen molar-refractivity contribution >= 4 is 11.3 Å². The van der Waals surface area contributed by atoms with E-state index in [0.717, 1.165) is 12.1 Å². The minimum atomic E-state index is 0.311. The summed E-state index contributed by atoms with van der Waals surface area (Å²) < 4.78 is 0. The Bertz CT molecular complexity index is 476. The summed E-state index contributed by atoms with van der Waals surface area (Å²) in [5.41, 5.74) is 2.46. The zero-order valence-corrected chi connectivity index (χ0v) is 12.0. The molecule has 18 heavy (non-hydrogen) atoms. The summed E-state index contributed by atoms with van der Waals surface area (Å²) in [5, 5.41) is 6.91. The van der Waals surface area contributed by atoms with Gasteiger partial charge in [0.25, 0.3) is 0 Å². The summed E-state index contributed by atoms with van der Waals surface area (Å²) in [4.78, 5) is 4.62. The lowest BCUT2D eigenvalue weighted by Gasteiger charge is -2.19. The highest BCUT2D eigenvalue weighted by Gasteiger charge is 2.16. The van der Waals surface area contributed by atoms with E-state index in [1.54, 1.807) is 11.3 Å². The van der Waals surface area contributed by atoms with E-state index < -0.39 is 0 Å². The zero-order chi connectivity index (χ0) is 13.0. The van der Waals surface area contributed by atoms with Crippen LogP contribution in [0.1, 0.15) is 36.2 Å². The fraction of sp³-hybridized carbons (Fsp3) is 0.400. The summed E-state index contributed by atoms with van der Waals surface area (Å²) in [6.45, 7) is 6.41. The van der Waals surface area contributed by atoms with Crippen molar-refractivity contribution in [2.45, 2.75) is 39.3 Å². The number of hydrogen-bond acceptors (Lipinski definition) is 3. The fourth-order valence-electron chi connectivity index (χ4n) is 2.00. The SMILES string of the molecule is Cc1csc(C(Cc2ccccc2)NC(C)C)n1. The summed E-state index contributed by atoms with van der Waals surface area (Å²) >= 11 is 1.75. The highest BCUT2D eigenvalue weighted by molar-refractivity contribution is 7.09. The van der Waals surface area contributed by atoms with Crippen LogP contribution in [0.5, 0.6) is 0 Å². The van der Waals surface area contributed by atoms with Gasteiger partial charge in [-0.1, -0.05) is 44.2 Å². The average molecular weight is 260 g/mol. The Morgan fingerprint density at radius 1 is 1.22 bits per heavy atom. The Morgan fingerprint density at radius 3 is 2.50 bits per heavy atom. The first kappa shape index (κ1) is 13.2. The molecule has 2 rings (SSSR count).